The Hall–Kier alpha value is -6.12. The van der Waals surface area contributed by atoms with Crippen molar-refractivity contribution in [2.75, 3.05) is 49.4 Å². The van der Waals surface area contributed by atoms with Gasteiger partial charge in [0.25, 0.3) is 5.91 Å². The lowest BCUT2D eigenvalue weighted by molar-refractivity contribution is -0.144. The van der Waals surface area contributed by atoms with Gasteiger partial charge in [-0.3, -0.25) is 24.1 Å². The molecule has 2 aliphatic heterocycles. The van der Waals surface area contributed by atoms with Gasteiger partial charge in [0.2, 0.25) is 23.6 Å². The fourth-order valence-electron chi connectivity index (χ4n) is 7.93. The third-order valence-electron chi connectivity index (χ3n) is 11.5. The molecule has 3 N–H and O–H groups in total. The van der Waals surface area contributed by atoms with Crippen LogP contribution in [-0.2, 0) is 41.4 Å². The van der Waals surface area contributed by atoms with Crippen LogP contribution in [0.25, 0.3) is 10.4 Å². The van der Waals surface area contributed by atoms with Crippen molar-refractivity contribution in [3.8, 4) is 22.4 Å². The summed E-state index contributed by atoms with van der Waals surface area (Å²) >= 11 is 7.08. The molecule has 2 saturated heterocycles. The Morgan fingerprint density at radius 3 is 2.33 bits per heavy atom. The van der Waals surface area contributed by atoms with Crippen LogP contribution in [0.3, 0.4) is 0 Å². The number of thiocarbonyl (C=S) groups is 1. The molecule has 22 heteroatoms. The van der Waals surface area contributed by atoms with Crippen LogP contribution in [0.2, 0.25) is 0 Å². The summed E-state index contributed by atoms with van der Waals surface area (Å²) in [6.45, 7) is 11.9. The number of nitrogens with zero attached hydrogens (tertiary/aromatic N) is 6. The number of ether oxygens (including phenoxy) is 3. The van der Waals surface area contributed by atoms with Crippen LogP contribution in [0.15, 0.2) is 54.2 Å². The lowest BCUT2D eigenvalue weighted by Crippen LogP contribution is -2.58. The number of aliphatic hydroxyl groups is 1. The summed E-state index contributed by atoms with van der Waals surface area (Å²) in [5, 5.41) is 25.0. The maximum absolute atomic E-state index is 15.4. The second kappa shape index (κ2) is 21.3. The lowest BCUT2D eigenvalue weighted by atomic mass is 9.85. The molecule has 0 bridgehead atoms. The van der Waals surface area contributed by atoms with Crippen LogP contribution in [0.4, 0.5) is 28.9 Å². The third-order valence-corrected chi connectivity index (χ3v) is 12.9. The van der Waals surface area contributed by atoms with E-state index in [0.29, 0.717) is 16.2 Å². The quantitative estimate of drug-likeness (QED) is 0.0634. The lowest BCUT2D eigenvalue weighted by Gasteiger charge is -2.35. The molecule has 0 unspecified atom stereocenters. The number of aryl methyl sites for hydroxylation is 2. The molecule has 0 aliphatic carbocycles. The first-order valence-corrected chi connectivity index (χ1v) is 23.0. The molecule has 16 nitrogen and oxygen atoms in total. The minimum absolute atomic E-state index is 0.0208. The summed E-state index contributed by atoms with van der Waals surface area (Å²) in [5.41, 5.74) is -0.310. The van der Waals surface area contributed by atoms with Crippen molar-refractivity contribution in [1.29, 1.82) is 5.26 Å². The van der Waals surface area contributed by atoms with Crippen molar-refractivity contribution in [2.45, 2.75) is 91.3 Å². The number of carbonyl (C=O) groups excluding carboxylic acids is 4. The van der Waals surface area contributed by atoms with Gasteiger partial charge in [-0.15, -0.1) is 11.3 Å². The van der Waals surface area contributed by atoms with Gasteiger partial charge in [-0.05, 0) is 74.2 Å². The maximum atomic E-state index is 15.4. The molecule has 2 fully saturated rings. The monoisotopic (exact) mass is 996 g/mol. The largest absolute Gasteiger partial charge is 0.475 e. The number of aliphatic hydroxyl groups excluding tert-OH is 1. The number of hydrogen-bond acceptors (Lipinski definition) is 13. The van der Waals surface area contributed by atoms with E-state index < -0.39 is 81.6 Å². The van der Waals surface area contributed by atoms with Crippen molar-refractivity contribution in [1.82, 2.24) is 25.5 Å². The van der Waals surface area contributed by atoms with Crippen LogP contribution >= 0.6 is 23.6 Å². The predicted molar refractivity (Wildman–Crippen MR) is 251 cm³/mol. The highest BCUT2D eigenvalue weighted by Crippen LogP contribution is 2.43. The minimum atomic E-state index is -5.21. The summed E-state index contributed by atoms with van der Waals surface area (Å²) in [4.78, 5) is 67.0. The Morgan fingerprint density at radius 1 is 1.03 bits per heavy atom. The van der Waals surface area contributed by atoms with Crippen molar-refractivity contribution < 1.29 is 56.1 Å². The van der Waals surface area contributed by atoms with E-state index in [0.717, 1.165) is 33.8 Å². The average molecular weight is 997 g/mol. The van der Waals surface area contributed by atoms with Gasteiger partial charge in [-0.2, -0.15) is 18.4 Å². The Balaban J connectivity index is 0.943. The Bertz CT molecular complexity index is 2630. The van der Waals surface area contributed by atoms with Crippen LogP contribution in [-0.4, -0.2) is 112 Å². The van der Waals surface area contributed by atoms with Gasteiger partial charge in [0.15, 0.2) is 10.9 Å². The SMILES string of the molecule is Cc1cc(OCCOCCOCC(=O)N[C@H](C(=O)N2C[C@H](O)C[C@H]2C(=O)NCc2ccc(-c3scnc3C)cc2)C(C)(C)C)ncc1N1C(=S)N(c2ccc(C#N)c(C(F)(F)F)c2F)C(=O)C1(C)C. The summed E-state index contributed by atoms with van der Waals surface area (Å²) in [5.74, 6) is -3.93. The molecular weight excluding hydrogens is 945 g/mol. The first-order valence-electron chi connectivity index (χ1n) is 21.7. The van der Waals surface area contributed by atoms with E-state index in [4.69, 9.17) is 26.4 Å². The van der Waals surface area contributed by atoms with E-state index in [9.17, 15) is 42.7 Å². The van der Waals surface area contributed by atoms with Gasteiger partial charge >= 0.3 is 6.18 Å². The van der Waals surface area contributed by atoms with Crippen LogP contribution in [0, 0.1) is 36.4 Å². The van der Waals surface area contributed by atoms with Gasteiger partial charge in [0.05, 0.1) is 71.2 Å². The van der Waals surface area contributed by atoms with Gasteiger partial charge in [0.1, 0.15) is 36.4 Å². The number of likely N-dealkylation sites (tertiary alicyclic amines) is 1. The number of nitrogens with one attached hydrogen (secondary N) is 2. The number of alkyl halides is 3. The summed E-state index contributed by atoms with van der Waals surface area (Å²) in [6, 6.07) is 10.3. The molecule has 4 heterocycles. The molecule has 3 atom stereocenters. The number of thiazole rings is 1. The van der Waals surface area contributed by atoms with Crippen molar-refractivity contribution >= 4 is 63.7 Å². The number of nitriles is 1. The van der Waals surface area contributed by atoms with Crippen molar-refractivity contribution in [3.05, 3.63) is 87.9 Å². The molecule has 4 aromatic rings. The van der Waals surface area contributed by atoms with Gasteiger partial charge in [0, 0.05) is 25.6 Å². The normalized spacial score (nSPS) is 17.5. The number of carbonyl (C=O) groups is 4. The Kier molecular flexibility index (Phi) is 16.1. The van der Waals surface area contributed by atoms with E-state index in [1.807, 2.05) is 31.2 Å². The molecule has 0 spiro atoms. The highest BCUT2D eigenvalue weighted by Gasteiger charge is 2.52. The van der Waals surface area contributed by atoms with Crippen molar-refractivity contribution in [2.24, 2.45) is 5.41 Å². The molecule has 0 saturated carbocycles. The fourth-order valence-corrected chi connectivity index (χ4v) is 9.25. The molecular formula is C47H52F4N8O8S2. The number of hydrogen-bond donors (Lipinski definition) is 3. The highest BCUT2D eigenvalue weighted by atomic mass is 32.1. The number of aromatic nitrogens is 2. The Morgan fingerprint density at radius 2 is 1.71 bits per heavy atom. The van der Waals surface area contributed by atoms with Gasteiger partial charge < -0.3 is 39.8 Å². The average Bonchev–Trinajstić information content (AvgIpc) is 3.94. The molecule has 368 valence electrons. The minimum Gasteiger partial charge on any atom is -0.475 e. The smallest absolute Gasteiger partial charge is 0.420 e. The molecule has 2 aromatic carbocycles. The number of halogens is 4. The molecule has 2 aromatic heterocycles. The summed E-state index contributed by atoms with van der Waals surface area (Å²) in [6.07, 6.45) is -4.73. The second-order valence-corrected chi connectivity index (χ2v) is 19.2. The predicted octanol–water partition coefficient (Wildman–Crippen LogP) is 5.99. The van der Waals surface area contributed by atoms with Crippen molar-refractivity contribution in [3.63, 3.8) is 0 Å². The number of rotatable bonds is 17. The molecule has 2 aliphatic rings. The van der Waals surface area contributed by atoms with Crippen LogP contribution in [0.1, 0.15) is 69.0 Å². The van der Waals surface area contributed by atoms with E-state index >= 15 is 4.39 Å². The topological polar surface area (TPSA) is 200 Å². The first kappa shape index (κ1) is 52.3. The standard InChI is InChI=1S/C47H52F4N8O8S2/c1-26-18-36(53-22-34(26)59-44(68)58(43(64)46(59,6)7)32-13-12-30(20-52)37(38(32)48)47(49,50)51)67-17-16-65-14-15-66-24-35(61)56-40(45(3,4)5)42(63)57-23-31(60)19-33(57)41(62)54-21-28-8-10-29(11-9-28)39-27(2)55-25-69-39/h8-13,18,22,25,31,33,40,60H,14-17,19,21,23-24H2,1-7H3,(H,54,62)(H,56,61)/t31-,33+,40-/m1/s1. The van der Waals surface area contributed by atoms with E-state index in [2.05, 4.69) is 20.6 Å². The number of benzene rings is 2. The van der Waals surface area contributed by atoms with E-state index in [-0.39, 0.29) is 63.5 Å². The zero-order valence-corrected chi connectivity index (χ0v) is 40.5. The number of amides is 4. The number of β-amino-alcohol motifs (C(OH)–C–C–N with tert-alkyl or cyclic N) is 1. The Labute approximate surface area is 405 Å². The van der Waals surface area contributed by atoms with Gasteiger partial charge in [-0.25, -0.2) is 14.4 Å². The van der Waals surface area contributed by atoms with Crippen LogP contribution in [0.5, 0.6) is 5.88 Å². The summed E-state index contributed by atoms with van der Waals surface area (Å²) < 4.78 is 73.5. The fraction of sp³-hybridized carbons (Fsp3) is 0.447. The van der Waals surface area contributed by atoms with Gasteiger partial charge in [-0.1, -0.05) is 45.0 Å². The zero-order valence-electron chi connectivity index (χ0n) is 38.9. The number of pyridine rings is 1. The third kappa shape index (κ3) is 11.7. The van der Waals surface area contributed by atoms with E-state index in [1.54, 1.807) is 50.6 Å². The highest BCUT2D eigenvalue weighted by molar-refractivity contribution is 7.81. The van der Waals surface area contributed by atoms with E-state index in [1.165, 1.54) is 35.9 Å². The van der Waals surface area contributed by atoms with Crippen LogP contribution < -0.4 is 25.2 Å². The summed E-state index contributed by atoms with van der Waals surface area (Å²) in [7, 11) is 0. The zero-order chi connectivity index (χ0) is 50.6. The molecule has 0 radical (unpaired) electrons. The first-order chi connectivity index (χ1) is 32.4. The number of anilines is 2. The maximum Gasteiger partial charge on any atom is 0.420 e. The molecule has 4 amide bonds. The second-order valence-electron chi connectivity index (χ2n) is 18.0. The molecule has 6 rings (SSSR count). The molecule has 69 heavy (non-hydrogen) atoms.